The molecule has 2 aliphatic rings. The smallest absolute Gasteiger partial charge is 0.144 e. The molecule has 0 saturated carbocycles. The largest absolute Gasteiger partial charge is 0.371 e. The van der Waals surface area contributed by atoms with Crippen LogP contribution in [0.2, 0.25) is 5.02 Å². The SMILES string of the molecule is Clc1ccc([C@H]2CN3C[C@@H](Nc4cnccn4)C[C@H]3CO2)cc1. The second-order valence-corrected chi connectivity index (χ2v) is 6.59. The number of benzene rings is 1. The highest BCUT2D eigenvalue weighted by atomic mass is 35.5. The summed E-state index contributed by atoms with van der Waals surface area (Å²) in [6.07, 6.45) is 6.37. The number of anilines is 1. The molecule has 0 aliphatic carbocycles. The first kappa shape index (κ1) is 14.9. The number of aromatic nitrogens is 2. The Hall–Kier alpha value is -1.69. The maximum atomic E-state index is 6.08. The molecule has 5 nitrogen and oxygen atoms in total. The summed E-state index contributed by atoms with van der Waals surface area (Å²) in [5, 5.41) is 4.23. The number of fused-ring (bicyclic) bond motifs is 1. The fourth-order valence-corrected chi connectivity index (χ4v) is 3.57. The van der Waals surface area contributed by atoms with Gasteiger partial charge in [0.1, 0.15) is 5.82 Å². The van der Waals surface area contributed by atoms with Crippen molar-refractivity contribution in [3.05, 3.63) is 53.4 Å². The highest BCUT2D eigenvalue weighted by Crippen LogP contribution is 2.31. The van der Waals surface area contributed by atoms with Gasteiger partial charge >= 0.3 is 0 Å². The fraction of sp³-hybridized carbons (Fsp3) is 0.412. The normalized spacial score (nSPS) is 27.6. The van der Waals surface area contributed by atoms with Crippen molar-refractivity contribution in [1.82, 2.24) is 14.9 Å². The number of halogens is 1. The van der Waals surface area contributed by atoms with Crippen molar-refractivity contribution in [1.29, 1.82) is 0 Å². The van der Waals surface area contributed by atoms with Crippen molar-refractivity contribution in [2.24, 2.45) is 0 Å². The number of nitrogens with zero attached hydrogens (tertiary/aromatic N) is 3. The lowest BCUT2D eigenvalue weighted by molar-refractivity contribution is -0.0501. The van der Waals surface area contributed by atoms with E-state index in [1.807, 2.05) is 12.1 Å². The molecule has 2 aromatic rings. The third-order valence-electron chi connectivity index (χ3n) is 4.57. The molecule has 3 atom stereocenters. The zero-order chi connectivity index (χ0) is 15.6. The molecule has 2 fully saturated rings. The van der Waals surface area contributed by atoms with Gasteiger partial charge in [0, 0.05) is 42.6 Å². The predicted molar refractivity (Wildman–Crippen MR) is 89.6 cm³/mol. The van der Waals surface area contributed by atoms with Gasteiger partial charge in [0.2, 0.25) is 0 Å². The first-order valence-electron chi connectivity index (χ1n) is 7.91. The monoisotopic (exact) mass is 330 g/mol. The van der Waals surface area contributed by atoms with E-state index in [0.29, 0.717) is 12.1 Å². The molecule has 1 aromatic carbocycles. The summed E-state index contributed by atoms with van der Waals surface area (Å²) >= 11 is 5.97. The maximum Gasteiger partial charge on any atom is 0.144 e. The van der Waals surface area contributed by atoms with Crippen LogP contribution >= 0.6 is 11.6 Å². The van der Waals surface area contributed by atoms with E-state index in [4.69, 9.17) is 16.3 Å². The van der Waals surface area contributed by atoms with Crippen molar-refractivity contribution in [3.8, 4) is 0 Å². The van der Waals surface area contributed by atoms with Crippen LogP contribution in [0.15, 0.2) is 42.9 Å². The second-order valence-electron chi connectivity index (χ2n) is 6.15. The van der Waals surface area contributed by atoms with Crippen LogP contribution in [0, 0.1) is 0 Å². The van der Waals surface area contributed by atoms with E-state index < -0.39 is 0 Å². The Morgan fingerprint density at radius 2 is 2.04 bits per heavy atom. The number of hydrogen-bond acceptors (Lipinski definition) is 5. The topological polar surface area (TPSA) is 50.3 Å². The first-order valence-corrected chi connectivity index (χ1v) is 8.29. The molecule has 4 rings (SSSR count). The van der Waals surface area contributed by atoms with Crippen molar-refractivity contribution in [3.63, 3.8) is 0 Å². The number of nitrogens with one attached hydrogen (secondary N) is 1. The van der Waals surface area contributed by atoms with Gasteiger partial charge in [0.25, 0.3) is 0 Å². The summed E-state index contributed by atoms with van der Waals surface area (Å²) in [6.45, 7) is 2.70. The lowest BCUT2D eigenvalue weighted by atomic mass is 10.1. The van der Waals surface area contributed by atoms with Crippen molar-refractivity contribution >= 4 is 17.4 Å². The van der Waals surface area contributed by atoms with Crippen molar-refractivity contribution < 1.29 is 4.74 Å². The summed E-state index contributed by atoms with van der Waals surface area (Å²) in [6, 6.07) is 8.83. The lowest BCUT2D eigenvalue weighted by Gasteiger charge is -2.35. The summed E-state index contributed by atoms with van der Waals surface area (Å²) in [5.74, 6) is 0.840. The Balaban J connectivity index is 1.39. The summed E-state index contributed by atoms with van der Waals surface area (Å²) in [7, 11) is 0. The van der Waals surface area contributed by atoms with Gasteiger partial charge in [0.05, 0.1) is 18.9 Å². The molecule has 0 amide bonds. The number of rotatable bonds is 3. The third-order valence-corrected chi connectivity index (χ3v) is 4.83. The van der Waals surface area contributed by atoms with Crippen LogP contribution in [-0.2, 0) is 4.74 Å². The summed E-state index contributed by atoms with van der Waals surface area (Å²) < 4.78 is 6.08. The van der Waals surface area contributed by atoms with Crippen LogP contribution in [0.3, 0.4) is 0 Å². The van der Waals surface area contributed by atoms with E-state index >= 15 is 0 Å². The number of ether oxygens (including phenoxy) is 1. The molecule has 0 radical (unpaired) electrons. The quantitative estimate of drug-likeness (QED) is 0.937. The average molecular weight is 331 g/mol. The average Bonchev–Trinajstić information content (AvgIpc) is 2.98. The van der Waals surface area contributed by atoms with Gasteiger partial charge in [-0.3, -0.25) is 9.88 Å². The Labute approximate surface area is 140 Å². The molecule has 0 unspecified atom stereocenters. The second kappa shape index (κ2) is 6.43. The molecule has 2 aliphatic heterocycles. The van der Waals surface area contributed by atoms with E-state index in [-0.39, 0.29) is 6.10 Å². The van der Waals surface area contributed by atoms with Gasteiger partial charge in [0.15, 0.2) is 0 Å². The van der Waals surface area contributed by atoms with Crippen LogP contribution in [0.5, 0.6) is 0 Å². The Kier molecular flexibility index (Phi) is 4.16. The lowest BCUT2D eigenvalue weighted by Crippen LogP contribution is -2.42. The van der Waals surface area contributed by atoms with Crippen molar-refractivity contribution in [2.45, 2.75) is 24.6 Å². The molecule has 1 N–H and O–H groups in total. The molecule has 6 heteroatoms. The predicted octanol–water partition coefficient (Wildman–Crippen LogP) is 2.76. The summed E-state index contributed by atoms with van der Waals surface area (Å²) in [5.41, 5.74) is 1.19. The van der Waals surface area contributed by atoms with Gasteiger partial charge in [-0.25, -0.2) is 4.98 Å². The molecule has 3 heterocycles. The van der Waals surface area contributed by atoms with E-state index in [9.17, 15) is 0 Å². The first-order chi connectivity index (χ1) is 11.3. The van der Waals surface area contributed by atoms with E-state index in [1.54, 1.807) is 18.6 Å². The Morgan fingerprint density at radius 1 is 1.17 bits per heavy atom. The Bertz CT molecular complexity index is 651. The summed E-state index contributed by atoms with van der Waals surface area (Å²) in [4.78, 5) is 10.9. The van der Waals surface area contributed by atoms with E-state index in [0.717, 1.165) is 37.0 Å². The molecular weight excluding hydrogens is 312 g/mol. The van der Waals surface area contributed by atoms with Crippen LogP contribution in [0.4, 0.5) is 5.82 Å². The highest BCUT2D eigenvalue weighted by molar-refractivity contribution is 6.30. The van der Waals surface area contributed by atoms with Crippen LogP contribution in [0.25, 0.3) is 0 Å². The third kappa shape index (κ3) is 3.32. The Morgan fingerprint density at radius 3 is 2.83 bits per heavy atom. The minimum atomic E-state index is 0.124. The van der Waals surface area contributed by atoms with Crippen LogP contribution < -0.4 is 5.32 Å². The van der Waals surface area contributed by atoms with Gasteiger partial charge in [-0.2, -0.15) is 0 Å². The zero-order valence-corrected chi connectivity index (χ0v) is 13.5. The molecule has 1 aromatic heterocycles. The maximum absolute atomic E-state index is 6.08. The molecule has 2 saturated heterocycles. The van der Waals surface area contributed by atoms with Gasteiger partial charge in [-0.1, -0.05) is 23.7 Å². The molecule has 120 valence electrons. The fourth-order valence-electron chi connectivity index (χ4n) is 3.44. The van der Waals surface area contributed by atoms with E-state index in [2.05, 4.69) is 32.3 Å². The zero-order valence-electron chi connectivity index (χ0n) is 12.7. The van der Waals surface area contributed by atoms with Crippen LogP contribution in [0.1, 0.15) is 18.1 Å². The van der Waals surface area contributed by atoms with E-state index in [1.165, 1.54) is 5.56 Å². The minimum absolute atomic E-state index is 0.124. The molecular formula is C17H19ClN4O. The molecule has 0 spiro atoms. The number of hydrogen-bond donors (Lipinski definition) is 1. The molecule has 0 bridgehead atoms. The number of morpholine rings is 1. The minimum Gasteiger partial charge on any atom is -0.371 e. The highest BCUT2D eigenvalue weighted by Gasteiger charge is 2.37. The van der Waals surface area contributed by atoms with Crippen molar-refractivity contribution in [2.75, 3.05) is 25.0 Å². The van der Waals surface area contributed by atoms with Crippen LogP contribution in [-0.4, -0.2) is 46.6 Å². The standard InChI is InChI=1S/C17H19ClN4O/c18-13-3-1-12(2-4-13)16-10-22-9-14(7-15(22)11-23-16)21-17-8-19-5-6-20-17/h1-6,8,14-16H,7,9-11H2,(H,20,21)/t14-,15-,16+/m0/s1. The van der Waals surface area contributed by atoms with Gasteiger partial charge in [-0.15, -0.1) is 0 Å². The molecule has 23 heavy (non-hydrogen) atoms. The van der Waals surface area contributed by atoms with Gasteiger partial charge in [-0.05, 0) is 24.1 Å². The van der Waals surface area contributed by atoms with Gasteiger partial charge < -0.3 is 10.1 Å².